The number of fused-ring (bicyclic) bond motifs is 1. The lowest BCUT2D eigenvalue weighted by molar-refractivity contribution is -0.0876. The average Bonchev–Trinajstić information content (AvgIpc) is 3.35. The molecule has 156 valence electrons. The minimum absolute atomic E-state index is 0.167. The van der Waals surface area contributed by atoms with Gasteiger partial charge in [0.05, 0.1) is 22.8 Å². The van der Waals surface area contributed by atoms with Crippen LogP contribution in [-0.4, -0.2) is 32.0 Å². The second kappa shape index (κ2) is 6.63. The van der Waals surface area contributed by atoms with E-state index in [0.717, 1.165) is 16.7 Å². The van der Waals surface area contributed by atoms with Crippen LogP contribution in [0.2, 0.25) is 0 Å². The van der Waals surface area contributed by atoms with E-state index < -0.39 is 11.6 Å². The van der Waals surface area contributed by atoms with Gasteiger partial charge in [-0.25, -0.2) is 18.8 Å². The fourth-order valence-electron chi connectivity index (χ4n) is 3.83. The second-order valence-corrected chi connectivity index (χ2v) is 7.94. The van der Waals surface area contributed by atoms with Crippen molar-refractivity contribution in [3.63, 3.8) is 0 Å². The molecular weight excluding hydrogens is 390 g/mol. The molecule has 3 aromatic heterocycles. The molecule has 8 nitrogen and oxygen atoms in total. The minimum Gasteiger partial charge on any atom is -0.360 e. The van der Waals surface area contributed by atoms with E-state index in [0.29, 0.717) is 17.3 Å². The number of aromatic amines is 2. The Hall–Kier alpha value is -3.27. The number of H-pyrrole nitrogens is 2. The first-order valence-electron chi connectivity index (χ1n) is 9.78. The first-order valence-corrected chi connectivity index (χ1v) is 9.78. The summed E-state index contributed by atoms with van der Waals surface area (Å²) in [6.07, 6.45) is 4.92. The van der Waals surface area contributed by atoms with Gasteiger partial charge in [0.1, 0.15) is 5.69 Å². The fraction of sp³-hybridized carbons (Fsp3) is 0.350. The van der Waals surface area contributed by atoms with Crippen molar-refractivity contribution in [3.05, 3.63) is 59.8 Å². The van der Waals surface area contributed by atoms with Gasteiger partial charge in [-0.2, -0.15) is 5.10 Å². The molecule has 4 heterocycles. The highest BCUT2D eigenvalue weighted by atomic mass is 19.3. The van der Waals surface area contributed by atoms with Crippen LogP contribution < -0.4 is 16.4 Å². The summed E-state index contributed by atoms with van der Waals surface area (Å²) in [4.78, 5) is 12.4. The van der Waals surface area contributed by atoms with Crippen LogP contribution in [0, 0.1) is 0 Å². The smallest absolute Gasteiger partial charge is 0.249 e. The Bertz CT molecular complexity index is 1140. The van der Waals surface area contributed by atoms with Crippen LogP contribution >= 0.6 is 0 Å². The first-order chi connectivity index (χ1) is 14.3. The van der Waals surface area contributed by atoms with Gasteiger partial charge in [0.15, 0.2) is 11.6 Å². The largest absolute Gasteiger partial charge is 0.360 e. The lowest BCUT2D eigenvalue weighted by Gasteiger charge is -2.34. The van der Waals surface area contributed by atoms with Crippen molar-refractivity contribution in [3.8, 4) is 0 Å². The number of nitrogens with zero attached hydrogens (tertiary/aromatic N) is 3. The monoisotopic (exact) mass is 412 g/mol. The maximum Gasteiger partial charge on any atom is 0.249 e. The SMILES string of the molecule is C[C@H](N=C1NC=CC(N)(c2cc(C3CC(F)(F)C3)[nH]n2)N1)c1ccc2[nH]ccc2n1. The Kier molecular flexibility index (Phi) is 4.14. The number of pyridine rings is 1. The lowest BCUT2D eigenvalue weighted by atomic mass is 9.79. The summed E-state index contributed by atoms with van der Waals surface area (Å²) in [7, 11) is 0. The summed E-state index contributed by atoms with van der Waals surface area (Å²) in [5, 5.41) is 13.3. The van der Waals surface area contributed by atoms with Crippen LogP contribution in [0.25, 0.3) is 11.0 Å². The van der Waals surface area contributed by atoms with Crippen molar-refractivity contribution in [2.75, 3.05) is 0 Å². The Morgan fingerprint density at radius 2 is 2.10 bits per heavy atom. The molecule has 3 aromatic rings. The molecule has 0 saturated heterocycles. The van der Waals surface area contributed by atoms with Crippen LogP contribution in [0.4, 0.5) is 8.78 Å². The van der Waals surface area contributed by atoms with Gasteiger partial charge in [-0.3, -0.25) is 5.10 Å². The van der Waals surface area contributed by atoms with Gasteiger partial charge in [0.25, 0.3) is 0 Å². The molecule has 30 heavy (non-hydrogen) atoms. The molecule has 1 fully saturated rings. The number of guanidine groups is 1. The van der Waals surface area contributed by atoms with Crippen molar-refractivity contribution in [2.24, 2.45) is 10.7 Å². The van der Waals surface area contributed by atoms with E-state index in [1.807, 2.05) is 31.3 Å². The molecule has 0 amide bonds. The minimum atomic E-state index is -2.59. The quantitative estimate of drug-likeness (QED) is 0.451. The second-order valence-electron chi connectivity index (χ2n) is 7.94. The van der Waals surface area contributed by atoms with Crippen molar-refractivity contribution in [1.82, 2.24) is 30.8 Å². The zero-order valence-corrected chi connectivity index (χ0v) is 16.3. The highest BCUT2D eigenvalue weighted by Gasteiger charge is 2.47. The van der Waals surface area contributed by atoms with E-state index in [4.69, 9.17) is 5.73 Å². The van der Waals surface area contributed by atoms with Crippen molar-refractivity contribution >= 4 is 17.0 Å². The van der Waals surface area contributed by atoms with Crippen LogP contribution in [0.15, 0.2) is 47.7 Å². The number of aromatic nitrogens is 4. The van der Waals surface area contributed by atoms with Gasteiger partial charge in [-0.05, 0) is 37.3 Å². The van der Waals surface area contributed by atoms with Crippen LogP contribution in [0.5, 0.6) is 0 Å². The highest BCUT2D eigenvalue weighted by molar-refractivity contribution is 5.83. The summed E-state index contributed by atoms with van der Waals surface area (Å²) in [5.74, 6) is -2.34. The van der Waals surface area contributed by atoms with E-state index in [-0.39, 0.29) is 24.8 Å². The summed E-state index contributed by atoms with van der Waals surface area (Å²) >= 11 is 0. The third-order valence-electron chi connectivity index (χ3n) is 5.62. The zero-order valence-electron chi connectivity index (χ0n) is 16.3. The van der Waals surface area contributed by atoms with E-state index in [1.165, 1.54) is 0 Å². The number of hydrogen-bond acceptors (Lipinski definition) is 4. The van der Waals surface area contributed by atoms with E-state index in [1.54, 1.807) is 18.3 Å². The fourth-order valence-corrected chi connectivity index (χ4v) is 3.83. The first kappa shape index (κ1) is 18.7. The summed E-state index contributed by atoms with van der Waals surface area (Å²) in [6, 6.07) is 7.33. The van der Waals surface area contributed by atoms with Crippen molar-refractivity contribution < 1.29 is 8.78 Å². The lowest BCUT2D eigenvalue weighted by Crippen LogP contribution is -2.57. The molecule has 6 N–H and O–H groups in total. The summed E-state index contributed by atoms with van der Waals surface area (Å²) in [6.45, 7) is 1.94. The van der Waals surface area contributed by atoms with E-state index in [9.17, 15) is 8.78 Å². The average molecular weight is 412 g/mol. The molecule has 10 heteroatoms. The van der Waals surface area contributed by atoms with Crippen LogP contribution in [-0.2, 0) is 5.66 Å². The Balaban J connectivity index is 1.34. The molecule has 2 atom stereocenters. The topological polar surface area (TPSA) is 120 Å². The predicted molar refractivity (Wildman–Crippen MR) is 109 cm³/mol. The number of halogens is 2. The highest BCUT2D eigenvalue weighted by Crippen LogP contribution is 2.47. The number of alkyl halides is 2. The molecule has 0 radical (unpaired) electrons. The third-order valence-corrected chi connectivity index (χ3v) is 5.62. The Labute approximate surface area is 171 Å². The van der Waals surface area contributed by atoms with Crippen LogP contribution in [0.3, 0.4) is 0 Å². The molecule has 1 saturated carbocycles. The number of aliphatic imine (C=N–C) groups is 1. The summed E-state index contributed by atoms with van der Waals surface area (Å²) < 4.78 is 26.4. The molecule has 1 unspecified atom stereocenters. The number of nitrogens with one attached hydrogen (secondary N) is 4. The molecule has 0 spiro atoms. The van der Waals surface area contributed by atoms with E-state index in [2.05, 4.69) is 35.8 Å². The molecular formula is C20H22F2N8. The van der Waals surface area contributed by atoms with Gasteiger partial charge in [0.2, 0.25) is 5.92 Å². The molecule has 2 aliphatic rings. The van der Waals surface area contributed by atoms with Gasteiger partial charge in [-0.15, -0.1) is 0 Å². The third kappa shape index (κ3) is 3.32. The predicted octanol–water partition coefficient (Wildman–Crippen LogP) is 2.73. The van der Waals surface area contributed by atoms with Crippen molar-refractivity contribution in [2.45, 2.75) is 43.3 Å². The van der Waals surface area contributed by atoms with Gasteiger partial charge in [-0.1, -0.05) is 0 Å². The molecule has 1 aliphatic carbocycles. The van der Waals surface area contributed by atoms with Gasteiger partial charge in [0, 0.05) is 36.9 Å². The molecule has 5 rings (SSSR count). The Morgan fingerprint density at radius 3 is 2.90 bits per heavy atom. The van der Waals surface area contributed by atoms with Gasteiger partial charge >= 0.3 is 0 Å². The maximum atomic E-state index is 13.2. The van der Waals surface area contributed by atoms with E-state index >= 15 is 0 Å². The molecule has 0 bridgehead atoms. The zero-order chi connectivity index (χ0) is 20.9. The number of nitrogens with two attached hydrogens (primary N) is 1. The number of rotatable bonds is 4. The summed E-state index contributed by atoms with van der Waals surface area (Å²) in [5.41, 5.74) is 9.25. The molecule has 0 aromatic carbocycles. The Morgan fingerprint density at radius 1 is 1.27 bits per heavy atom. The van der Waals surface area contributed by atoms with Gasteiger partial charge < -0.3 is 21.4 Å². The van der Waals surface area contributed by atoms with Crippen LogP contribution in [0.1, 0.15) is 48.8 Å². The standard InChI is InChI=1S/C20H22F2N8/c1-11(13-2-3-14-15(27-13)4-6-24-14)26-18-25-7-5-20(23,28-18)17-8-16(29-30-17)12-9-19(21,22)10-12/h2-8,11-12,24H,9-10,23H2,1H3,(H,29,30)(H2,25,26,28)/t11-,20?/m0/s1. The normalized spacial score (nSPS) is 25.7. The van der Waals surface area contributed by atoms with Crippen molar-refractivity contribution in [1.29, 1.82) is 0 Å². The number of hydrogen-bond donors (Lipinski definition) is 5. The maximum absolute atomic E-state index is 13.2. The molecule has 1 aliphatic heterocycles.